The molecule has 0 amide bonds. The third-order valence-electron chi connectivity index (χ3n) is 5.11. The molecule has 2 rings (SSSR count). The van der Waals surface area contributed by atoms with Gasteiger partial charge in [0.1, 0.15) is 6.10 Å². The zero-order valence-electron chi connectivity index (χ0n) is 14.2. The molecule has 0 aromatic heterocycles. The summed E-state index contributed by atoms with van der Waals surface area (Å²) in [5.74, 6) is 0. The highest BCUT2D eigenvalue weighted by Crippen LogP contribution is 2.48. The molecule has 1 fully saturated rings. The van der Waals surface area contributed by atoms with Gasteiger partial charge in [0.25, 0.3) is 0 Å². The quantitative estimate of drug-likeness (QED) is 0.870. The highest BCUT2D eigenvalue weighted by Gasteiger charge is 2.45. The molecule has 0 spiro atoms. The normalized spacial score (nSPS) is 22.0. The minimum absolute atomic E-state index is 0.363. The summed E-state index contributed by atoms with van der Waals surface area (Å²) in [6, 6.07) is 6.31. The van der Waals surface area contributed by atoms with E-state index in [-0.39, 0.29) is 0 Å². The summed E-state index contributed by atoms with van der Waals surface area (Å²) in [6.07, 6.45) is 3.54. The van der Waals surface area contributed by atoms with Crippen molar-refractivity contribution in [2.45, 2.75) is 72.0 Å². The maximum Gasteiger partial charge on any atom is 0.108 e. The van der Waals surface area contributed by atoms with Gasteiger partial charge >= 0.3 is 0 Å². The minimum Gasteiger partial charge on any atom is -0.385 e. The van der Waals surface area contributed by atoms with Gasteiger partial charge in [0.05, 0.1) is 5.60 Å². The molecule has 1 aliphatic rings. The predicted molar refractivity (Wildman–Crippen MR) is 87.5 cm³/mol. The molecule has 0 heterocycles. The fourth-order valence-electron chi connectivity index (χ4n) is 3.47. The maximum atomic E-state index is 11.1. The lowest BCUT2D eigenvalue weighted by atomic mass is 9.68. The molecule has 0 saturated heterocycles. The molecule has 0 radical (unpaired) electrons. The first-order valence-electron chi connectivity index (χ1n) is 8.19. The average Bonchev–Trinajstić information content (AvgIpc) is 2.44. The van der Waals surface area contributed by atoms with Gasteiger partial charge in [-0.05, 0) is 63.0 Å². The van der Waals surface area contributed by atoms with Crippen molar-refractivity contribution in [3.8, 4) is 0 Å². The van der Waals surface area contributed by atoms with Crippen molar-refractivity contribution >= 4 is 0 Å². The molecule has 118 valence electrons. The standard InChI is InChI=1S/C19H30O2/c1-6-21-19(11-9-18(4,5)10-12-19)17(20)16-13-14(2)7-8-15(16)3/h7-8,13,17,20H,6,9-12H2,1-5H3. The molecule has 1 aliphatic carbocycles. The highest BCUT2D eigenvalue weighted by atomic mass is 16.5. The fraction of sp³-hybridized carbons (Fsp3) is 0.684. The molecule has 1 saturated carbocycles. The summed E-state index contributed by atoms with van der Waals surface area (Å²) < 4.78 is 6.12. The first-order chi connectivity index (χ1) is 9.80. The predicted octanol–water partition coefficient (Wildman–Crippen LogP) is 4.71. The Morgan fingerprint density at radius 1 is 1.14 bits per heavy atom. The second-order valence-electron chi connectivity index (χ2n) is 7.42. The van der Waals surface area contributed by atoms with Crippen LogP contribution in [0, 0.1) is 19.3 Å². The Kier molecular flexibility index (Phi) is 4.79. The van der Waals surface area contributed by atoms with E-state index in [1.807, 2.05) is 6.92 Å². The van der Waals surface area contributed by atoms with Crippen LogP contribution in [0.3, 0.4) is 0 Å². The van der Waals surface area contributed by atoms with Gasteiger partial charge in [0.15, 0.2) is 0 Å². The van der Waals surface area contributed by atoms with Crippen molar-refractivity contribution in [2.24, 2.45) is 5.41 Å². The van der Waals surface area contributed by atoms with Crippen molar-refractivity contribution in [3.05, 3.63) is 34.9 Å². The van der Waals surface area contributed by atoms with E-state index in [0.29, 0.717) is 12.0 Å². The summed E-state index contributed by atoms with van der Waals surface area (Å²) in [5.41, 5.74) is 3.32. The van der Waals surface area contributed by atoms with E-state index >= 15 is 0 Å². The third kappa shape index (κ3) is 3.49. The van der Waals surface area contributed by atoms with Gasteiger partial charge in [0.2, 0.25) is 0 Å². The van der Waals surface area contributed by atoms with Gasteiger partial charge < -0.3 is 9.84 Å². The van der Waals surface area contributed by atoms with Gasteiger partial charge in [-0.15, -0.1) is 0 Å². The van der Waals surface area contributed by atoms with Gasteiger partial charge in [-0.25, -0.2) is 0 Å². The van der Waals surface area contributed by atoms with Crippen LogP contribution in [0.2, 0.25) is 0 Å². The Morgan fingerprint density at radius 3 is 2.33 bits per heavy atom. The molecule has 21 heavy (non-hydrogen) atoms. The van der Waals surface area contributed by atoms with Crippen molar-refractivity contribution in [1.82, 2.24) is 0 Å². The van der Waals surface area contributed by atoms with Crippen molar-refractivity contribution in [1.29, 1.82) is 0 Å². The lowest BCUT2D eigenvalue weighted by Gasteiger charge is -2.46. The van der Waals surface area contributed by atoms with Gasteiger partial charge in [-0.3, -0.25) is 0 Å². The second-order valence-corrected chi connectivity index (χ2v) is 7.42. The van der Waals surface area contributed by atoms with E-state index in [2.05, 4.69) is 45.9 Å². The maximum absolute atomic E-state index is 11.1. The SMILES string of the molecule is CCOC1(C(O)c2cc(C)ccc2C)CCC(C)(C)CC1. The van der Waals surface area contributed by atoms with Crippen molar-refractivity contribution < 1.29 is 9.84 Å². The number of benzene rings is 1. The Labute approximate surface area is 129 Å². The van der Waals surface area contributed by atoms with Crippen LogP contribution < -0.4 is 0 Å². The van der Waals surface area contributed by atoms with Gasteiger partial charge in [0, 0.05) is 6.61 Å². The van der Waals surface area contributed by atoms with E-state index in [9.17, 15) is 5.11 Å². The van der Waals surface area contributed by atoms with Crippen LogP contribution >= 0.6 is 0 Å². The number of aliphatic hydroxyl groups excluding tert-OH is 1. The van der Waals surface area contributed by atoms with Crippen LogP contribution in [0.4, 0.5) is 0 Å². The topological polar surface area (TPSA) is 29.5 Å². The van der Waals surface area contributed by atoms with Crippen LogP contribution in [0.5, 0.6) is 0 Å². The van der Waals surface area contributed by atoms with E-state index in [4.69, 9.17) is 4.74 Å². The molecule has 2 heteroatoms. The van der Waals surface area contributed by atoms with E-state index in [0.717, 1.165) is 36.8 Å². The molecule has 1 aromatic rings. The van der Waals surface area contributed by atoms with E-state index in [1.54, 1.807) is 0 Å². The zero-order valence-corrected chi connectivity index (χ0v) is 14.2. The lowest BCUT2D eigenvalue weighted by Crippen LogP contribution is -2.45. The molecule has 1 unspecified atom stereocenters. The molecular weight excluding hydrogens is 260 g/mol. The second kappa shape index (κ2) is 6.10. The Morgan fingerprint density at radius 2 is 1.76 bits per heavy atom. The molecule has 0 aliphatic heterocycles. The molecule has 0 bridgehead atoms. The Bertz CT molecular complexity index is 480. The van der Waals surface area contributed by atoms with Crippen LogP contribution in [0.1, 0.15) is 69.2 Å². The molecule has 1 N–H and O–H groups in total. The van der Waals surface area contributed by atoms with E-state index < -0.39 is 11.7 Å². The Hall–Kier alpha value is -0.860. The third-order valence-corrected chi connectivity index (χ3v) is 5.11. The van der Waals surface area contributed by atoms with Crippen molar-refractivity contribution in [2.75, 3.05) is 6.61 Å². The molecule has 2 nitrogen and oxygen atoms in total. The molecule has 1 atom stereocenters. The minimum atomic E-state index is -0.534. The smallest absolute Gasteiger partial charge is 0.108 e. The summed E-state index contributed by atoms with van der Waals surface area (Å²) >= 11 is 0. The molecule has 1 aromatic carbocycles. The van der Waals surface area contributed by atoms with Crippen molar-refractivity contribution in [3.63, 3.8) is 0 Å². The lowest BCUT2D eigenvalue weighted by molar-refractivity contribution is -0.153. The number of aryl methyl sites for hydroxylation is 2. The summed E-state index contributed by atoms with van der Waals surface area (Å²) in [7, 11) is 0. The summed E-state index contributed by atoms with van der Waals surface area (Å²) in [4.78, 5) is 0. The first-order valence-corrected chi connectivity index (χ1v) is 8.19. The summed E-state index contributed by atoms with van der Waals surface area (Å²) in [6.45, 7) is 11.5. The first kappa shape index (κ1) is 16.5. The van der Waals surface area contributed by atoms with Gasteiger partial charge in [-0.1, -0.05) is 37.6 Å². The van der Waals surface area contributed by atoms with E-state index in [1.165, 1.54) is 5.56 Å². The van der Waals surface area contributed by atoms with Crippen LogP contribution in [-0.4, -0.2) is 17.3 Å². The number of ether oxygens (including phenoxy) is 1. The average molecular weight is 290 g/mol. The number of rotatable bonds is 4. The largest absolute Gasteiger partial charge is 0.385 e. The summed E-state index contributed by atoms with van der Waals surface area (Å²) in [5, 5.41) is 11.1. The monoisotopic (exact) mass is 290 g/mol. The van der Waals surface area contributed by atoms with Crippen LogP contribution in [0.15, 0.2) is 18.2 Å². The van der Waals surface area contributed by atoms with Crippen LogP contribution in [-0.2, 0) is 4.74 Å². The fourth-order valence-corrected chi connectivity index (χ4v) is 3.47. The number of hydrogen-bond donors (Lipinski definition) is 1. The number of hydrogen-bond acceptors (Lipinski definition) is 2. The Balaban J connectivity index is 2.31. The van der Waals surface area contributed by atoms with Crippen LogP contribution in [0.25, 0.3) is 0 Å². The highest BCUT2D eigenvalue weighted by molar-refractivity contribution is 5.34. The number of aliphatic hydroxyl groups is 1. The molecular formula is C19H30O2. The van der Waals surface area contributed by atoms with Gasteiger partial charge in [-0.2, -0.15) is 0 Å². The zero-order chi connectivity index (χ0) is 15.7.